The molecule has 0 spiro atoms. The molecule has 2 aromatic carbocycles. The molecule has 3 rings (SSSR count). The first kappa shape index (κ1) is 22.2. The molecule has 1 heterocycles. The summed E-state index contributed by atoms with van der Waals surface area (Å²) < 4.78 is 6.67. The Balaban J connectivity index is 1.83. The largest absolute Gasteiger partial charge is 0.383 e. The SMILES string of the molecule is COCCNC(=O)CNC(=O)c1cn(Cc2ccccc2)nc1-c1ccc(C)c(C)c1. The second kappa shape index (κ2) is 10.5. The van der Waals surface area contributed by atoms with Gasteiger partial charge < -0.3 is 15.4 Å². The number of ether oxygens (including phenoxy) is 1. The van der Waals surface area contributed by atoms with Crippen molar-refractivity contribution in [2.24, 2.45) is 0 Å². The van der Waals surface area contributed by atoms with Crippen LogP contribution in [0.15, 0.2) is 54.7 Å². The standard InChI is InChI=1S/C24H28N4O3/c1-17-9-10-20(13-18(17)2)23-21(24(30)26-14-22(29)25-11-12-31-3)16-28(27-23)15-19-7-5-4-6-8-19/h4-10,13,16H,11-12,14-15H2,1-3H3,(H,25,29)(H,26,30). The molecule has 0 saturated carbocycles. The molecule has 162 valence electrons. The maximum Gasteiger partial charge on any atom is 0.255 e. The number of rotatable bonds is 9. The molecule has 2 N–H and O–H groups in total. The summed E-state index contributed by atoms with van der Waals surface area (Å²) in [6.07, 6.45) is 1.73. The Bertz CT molecular complexity index is 1040. The summed E-state index contributed by atoms with van der Waals surface area (Å²) in [7, 11) is 1.56. The van der Waals surface area contributed by atoms with Crippen LogP contribution in [0.2, 0.25) is 0 Å². The predicted octanol–water partition coefficient (Wildman–Crippen LogP) is 2.71. The zero-order chi connectivity index (χ0) is 22.2. The Kier molecular flexibility index (Phi) is 7.56. The van der Waals surface area contributed by atoms with Gasteiger partial charge in [0.25, 0.3) is 5.91 Å². The number of amides is 2. The van der Waals surface area contributed by atoms with Crippen molar-refractivity contribution < 1.29 is 14.3 Å². The molecular weight excluding hydrogens is 392 g/mol. The molecule has 0 bridgehead atoms. The lowest BCUT2D eigenvalue weighted by Gasteiger charge is -2.07. The highest BCUT2D eigenvalue weighted by molar-refractivity contribution is 6.01. The van der Waals surface area contributed by atoms with Gasteiger partial charge in [-0.15, -0.1) is 0 Å². The van der Waals surface area contributed by atoms with Gasteiger partial charge >= 0.3 is 0 Å². The van der Waals surface area contributed by atoms with Crippen LogP contribution in [0.4, 0.5) is 0 Å². The van der Waals surface area contributed by atoms with E-state index in [2.05, 4.69) is 10.6 Å². The van der Waals surface area contributed by atoms with Crippen LogP contribution in [-0.2, 0) is 16.1 Å². The molecule has 0 fully saturated rings. The molecule has 2 amide bonds. The summed E-state index contributed by atoms with van der Waals surface area (Å²) >= 11 is 0. The molecule has 0 unspecified atom stereocenters. The second-order valence-electron chi connectivity index (χ2n) is 7.40. The van der Waals surface area contributed by atoms with Crippen LogP contribution >= 0.6 is 0 Å². The minimum atomic E-state index is -0.338. The first-order valence-corrected chi connectivity index (χ1v) is 10.2. The lowest BCUT2D eigenvalue weighted by Crippen LogP contribution is -2.38. The van der Waals surface area contributed by atoms with Gasteiger partial charge in [-0.1, -0.05) is 42.5 Å². The molecule has 0 atom stereocenters. The summed E-state index contributed by atoms with van der Waals surface area (Å²) in [5.74, 6) is -0.607. The summed E-state index contributed by atoms with van der Waals surface area (Å²) in [6.45, 7) is 5.33. The fourth-order valence-corrected chi connectivity index (χ4v) is 3.15. The topological polar surface area (TPSA) is 85.3 Å². The zero-order valence-electron chi connectivity index (χ0n) is 18.1. The maximum absolute atomic E-state index is 12.9. The van der Waals surface area contributed by atoms with Gasteiger partial charge in [0.05, 0.1) is 25.3 Å². The van der Waals surface area contributed by atoms with Gasteiger partial charge in [0.1, 0.15) is 5.69 Å². The van der Waals surface area contributed by atoms with E-state index in [1.807, 2.05) is 62.4 Å². The van der Waals surface area contributed by atoms with E-state index in [4.69, 9.17) is 9.84 Å². The zero-order valence-corrected chi connectivity index (χ0v) is 18.1. The van der Waals surface area contributed by atoms with Crippen LogP contribution in [0.1, 0.15) is 27.0 Å². The van der Waals surface area contributed by atoms with Gasteiger partial charge in [0.2, 0.25) is 5.91 Å². The van der Waals surface area contributed by atoms with Gasteiger partial charge in [-0.25, -0.2) is 0 Å². The number of nitrogens with zero attached hydrogens (tertiary/aromatic N) is 2. The number of aryl methyl sites for hydroxylation is 2. The van der Waals surface area contributed by atoms with E-state index in [-0.39, 0.29) is 18.4 Å². The highest BCUT2D eigenvalue weighted by Gasteiger charge is 2.19. The highest BCUT2D eigenvalue weighted by atomic mass is 16.5. The molecule has 0 aliphatic heterocycles. The Morgan fingerprint density at radius 3 is 2.52 bits per heavy atom. The number of carbonyl (C=O) groups is 2. The van der Waals surface area contributed by atoms with Crippen molar-refractivity contribution >= 4 is 11.8 Å². The molecule has 31 heavy (non-hydrogen) atoms. The average Bonchev–Trinajstić information content (AvgIpc) is 3.18. The monoisotopic (exact) mass is 420 g/mol. The Morgan fingerprint density at radius 1 is 1.03 bits per heavy atom. The molecule has 0 aliphatic rings. The summed E-state index contributed by atoms with van der Waals surface area (Å²) in [5, 5.41) is 10.1. The Morgan fingerprint density at radius 2 is 1.81 bits per heavy atom. The van der Waals surface area contributed by atoms with Gasteiger partial charge in [-0.2, -0.15) is 5.10 Å². The fraction of sp³-hybridized carbons (Fsp3) is 0.292. The van der Waals surface area contributed by atoms with Crippen LogP contribution in [0.25, 0.3) is 11.3 Å². The normalized spacial score (nSPS) is 10.7. The van der Waals surface area contributed by atoms with Crippen molar-refractivity contribution in [2.75, 3.05) is 26.8 Å². The molecule has 0 saturated heterocycles. The molecular formula is C24H28N4O3. The van der Waals surface area contributed by atoms with Crippen LogP contribution in [0.5, 0.6) is 0 Å². The van der Waals surface area contributed by atoms with Crippen LogP contribution in [0.3, 0.4) is 0 Å². The Labute approximate surface area is 182 Å². The van der Waals surface area contributed by atoms with E-state index >= 15 is 0 Å². The lowest BCUT2D eigenvalue weighted by molar-refractivity contribution is -0.120. The predicted molar refractivity (Wildman–Crippen MR) is 120 cm³/mol. The number of nitrogens with one attached hydrogen (secondary N) is 2. The van der Waals surface area contributed by atoms with Crippen molar-refractivity contribution in [1.29, 1.82) is 0 Å². The van der Waals surface area contributed by atoms with E-state index in [1.165, 1.54) is 5.56 Å². The highest BCUT2D eigenvalue weighted by Crippen LogP contribution is 2.25. The molecule has 0 aliphatic carbocycles. The number of hydrogen-bond acceptors (Lipinski definition) is 4. The summed E-state index contributed by atoms with van der Waals surface area (Å²) in [4.78, 5) is 24.9. The van der Waals surface area contributed by atoms with Crippen molar-refractivity contribution in [3.8, 4) is 11.3 Å². The first-order valence-electron chi connectivity index (χ1n) is 10.2. The first-order chi connectivity index (χ1) is 15.0. The van der Waals surface area contributed by atoms with E-state index in [0.717, 1.165) is 16.7 Å². The van der Waals surface area contributed by atoms with Crippen LogP contribution in [-0.4, -0.2) is 48.4 Å². The van der Waals surface area contributed by atoms with Gasteiger partial charge in [0.15, 0.2) is 0 Å². The average molecular weight is 421 g/mol. The van der Waals surface area contributed by atoms with Crippen molar-refractivity contribution in [1.82, 2.24) is 20.4 Å². The van der Waals surface area contributed by atoms with Crippen molar-refractivity contribution in [3.05, 3.63) is 77.0 Å². The lowest BCUT2D eigenvalue weighted by atomic mass is 10.0. The maximum atomic E-state index is 12.9. The summed E-state index contributed by atoms with van der Waals surface area (Å²) in [5.41, 5.74) is 5.27. The quantitative estimate of drug-likeness (QED) is 0.521. The molecule has 3 aromatic rings. The number of methoxy groups -OCH3 is 1. The third-order valence-corrected chi connectivity index (χ3v) is 5.01. The third-order valence-electron chi connectivity index (χ3n) is 5.01. The van der Waals surface area contributed by atoms with Crippen molar-refractivity contribution in [3.63, 3.8) is 0 Å². The van der Waals surface area contributed by atoms with Gasteiger partial charge in [-0.05, 0) is 36.6 Å². The summed E-state index contributed by atoms with van der Waals surface area (Å²) in [6, 6.07) is 15.9. The van der Waals surface area contributed by atoms with E-state index in [9.17, 15) is 9.59 Å². The molecule has 1 aromatic heterocycles. The molecule has 7 heteroatoms. The van der Waals surface area contributed by atoms with Gasteiger partial charge in [0, 0.05) is 25.4 Å². The van der Waals surface area contributed by atoms with Crippen LogP contribution in [0, 0.1) is 13.8 Å². The Hall–Kier alpha value is -3.45. The number of carbonyl (C=O) groups excluding carboxylic acids is 2. The van der Waals surface area contributed by atoms with Crippen LogP contribution < -0.4 is 10.6 Å². The third kappa shape index (κ3) is 6.02. The molecule has 7 nitrogen and oxygen atoms in total. The van der Waals surface area contributed by atoms with Crippen molar-refractivity contribution in [2.45, 2.75) is 20.4 Å². The molecule has 0 radical (unpaired) electrons. The number of benzene rings is 2. The number of aromatic nitrogens is 2. The minimum absolute atomic E-state index is 0.112. The van der Waals surface area contributed by atoms with E-state index < -0.39 is 0 Å². The second-order valence-corrected chi connectivity index (χ2v) is 7.40. The number of hydrogen-bond donors (Lipinski definition) is 2. The van der Waals surface area contributed by atoms with Gasteiger partial charge in [-0.3, -0.25) is 14.3 Å². The van der Waals surface area contributed by atoms with E-state index in [0.29, 0.717) is 31.0 Å². The smallest absolute Gasteiger partial charge is 0.255 e. The fourth-order valence-electron chi connectivity index (χ4n) is 3.15. The minimum Gasteiger partial charge on any atom is -0.383 e. The van der Waals surface area contributed by atoms with E-state index in [1.54, 1.807) is 18.0 Å².